The third kappa shape index (κ3) is 3.82. The van der Waals surface area contributed by atoms with Crippen molar-refractivity contribution in [1.29, 1.82) is 5.26 Å². The van der Waals surface area contributed by atoms with Crippen LogP contribution in [-0.4, -0.2) is 31.6 Å². The van der Waals surface area contributed by atoms with E-state index in [9.17, 15) is 0 Å². The molecular weight excluding hydrogens is 246 g/mol. The number of rotatable bonds is 4. The number of benzene rings is 1. The minimum absolute atomic E-state index is 0.333. The summed E-state index contributed by atoms with van der Waals surface area (Å²) in [6.07, 6.45) is 2.52. The van der Waals surface area contributed by atoms with Crippen molar-refractivity contribution in [2.75, 3.05) is 26.7 Å². The van der Waals surface area contributed by atoms with Crippen molar-refractivity contribution >= 4 is 0 Å². The predicted molar refractivity (Wildman–Crippen MR) is 82.4 cm³/mol. The standard InChI is InChI=1S/C17H25N3/c1-14(16-6-4-15(12-18)5-7-16)19-13-17(2)8-10-20(3)11-9-17/h4-7,14,19H,8-11,13H2,1-3H3. The summed E-state index contributed by atoms with van der Waals surface area (Å²) in [6.45, 7) is 8.03. The first kappa shape index (κ1) is 15.0. The molecule has 3 nitrogen and oxygen atoms in total. The highest BCUT2D eigenvalue weighted by Crippen LogP contribution is 2.30. The van der Waals surface area contributed by atoms with E-state index in [0.29, 0.717) is 11.5 Å². The smallest absolute Gasteiger partial charge is 0.0991 e. The Kier molecular flexibility index (Phi) is 4.80. The molecule has 0 bridgehead atoms. The third-order valence-electron chi connectivity index (χ3n) is 4.57. The topological polar surface area (TPSA) is 39.1 Å². The zero-order valence-corrected chi connectivity index (χ0v) is 12.8. The Balaban J connectivity index is 1.88. The van der Waals surface area contributed by atoms with E-state index in [1.54, 1.807) is 0 Å². The van der Waals surface area contributed by atoms with Crippen LogP contribution in [-0.2, 0) is 0 Å². The van der Waals surface area contributed by atoms with E-state index >= 15 is 0 Å². The lowest BCUT2D eigenvalue weighted by Crippen LogP contribution is -2.42. The van der Waals surface area contributed by atoms with Gasteiger partial charge >= 0.3 is 0 Å². The molecule has 1 fully saturated rings. The fourth-order valence-electron chi connectivity index (χ4n) is 2.70. The number of likely N-dealkylation sites (tertiary alicyclic amines) is 1. The van der Waals surface area contributed by atoms with E-state index in [1.165, 1.54) is 31.5 Å². The molecule has 1 N–H and O–H groups in total. The number of nitriles is 1. The summed E-state index contributed by atoms with van der Waals surface area (Å²) in [5.74, 6) is 0. The van der Waals surface area contributed by atoms with E-state index < -0.39 is 0 Å². The van der Waals surface area contributed by atoms with E-state index in [1.807, 2.05) is 24.3 Å². The molecule has 1 aromatic carbocycles. The summed E-state index contributed by atoms with van der Waals surface area (Å²) in [7, 11) is 2.20. The maximum Gasteiger partial charge on any atom is 0.0991 e. The second-order valence-corrected chi connectivity index (χ2v) is 6.45. The SMILES string of the molecule is CC(NCC1(C)CCN(C)CC1)c1ccc(C#N)cc1. The fraction of sp³-hybridized carbons (Fsp3) is 0.588. The van der Waals surface area contributed by atoms with Gasteiger partial charge in [0.25, 0.3) is 0 Å². The van der Waals surface area contributed by atoms with Gasteiger partial charge in [0.2, 0.25) is 0 Å². The average Bonchev–Trinajstić information content (AvgIpc) is 2.48. The number of piperidine rings is 1. The molecule has 0 saturated carbocycles. The largest absolute Gasteiger partial charge is 0.310 e. The van der Waals surface area contributed by atoms with Crippen LogP contribution in [0.5, 0.6) is 0 Å². The van der Waals surface area contributed by atoms with Crippen LogP contribution < -0.4 is 5.32 Å². The van der Waals surface area contributed by atoms with E-state index in [0.717, 1.165) is 12.1 Å². The normalized spacial score (nSPS) is 20.3. The Labute approximate surface area is 122 Å². The van der Waals surface area contributed by atoms with Crippen LogP contribution >= 0.6 is 0 Å². The van der Waals surface area contributed by atoms with E-state index in [4.69, 9.17) is 5.26 Å². The Morgan fingerprint density at radius 2 is 1.90 bits per heavy atom. The molecule has 0 spiro atoms. The van der Waals surface area contributed by atoms with Crippen LogP contribution in [0.25, 0.3) is 0 Å². The van der Waals surface area contributed by atoms with Crippen molar-refractivity contribution in [1.82, 2.24) is 10.2 Å². The lowest BCUT2D eigenvalue weighted by atomic mass is 9.80. The second kappa shape index (κ2) is 6.39. The Hall–Kier alpha value is -1.37. The summed E-state index contributed by atoms with van der Waals surface area (Å²) in [6, 6.07) is 10.4. The minimum Gasteiger partial charge on any atom is -0.310 e. The van der Waals surface area contributed by atoms with Crippen LogP contribution in [0.3, 0.4) is 0 Å². The van der Waals surface area contributed by atoms with Gasteiger partial charge in [-0.15, -0.1) is 0 Å². The molecule has 3 heteroatoms. The third-order valence-corrected chi connectivity index (χ3v) is 4.57. The van der Waals surface area contributed by atoms with Crippen molar-refractivity contribution < 1.29 is 0 Å². The number of hydrogen-bond acceptors (Lipinski definition) is 3. The highest BCUT2D eigenvalue weighted by Gasteiger charge is 2.28. The van der Waals surface area contributed by atoms with Gasteiger partial charge in [0, 0.05) is 12.6 Å². The Morgan fingerprint density at radius 3 is 2.45 bits per heavy atom. The molecule has 1 saturated heterocycles. The van der Waals surface area contributed by atoms with Crippen molar-refractivity contribution in [2.24, 2.45) is 5.41 Å². The van der Waals surface area contributed by atoms with Gasteiger partial charge in [0.05, 0.1) is 11.6 Å². The quantitative estimate of drug-likeness (QED) is 0.915. The minimum atomic E-state index is 0.333. The van der Waals surface area contributed by atoms with Crippen LogP contribution in [0.1, 0.15) is 43.9 Å². The molecule has 0 aliphatic carbocycles. The van der Waals surface area contributed by atoms with Crippen molar-refractivity contribution in [3.63, 3.8) is 0 Å². The lowest BCUT2D eigenvalue weighted by Gasteiger charge is -2.38. The van der Waals surface area contributed by atoms with Gasteiger partial charge in [-0.3, -0.25) is 0 Å². The fourth-order valence-corrected chi connectivity index (χ4v) is 2.70. The Morgan fingerprint density at radius 1 is 1.30 bits per heavy atom. The number of hydrogen-bond donors (Lipinski definition) is 1. The lowest BCUT2D eigenvalue weighted by molar-refractivity contribution is 0.134. The molecule has 1 atom stereocenters. The van der Waals surface area contributed by atoms with Gasteiger partial charge in [-0.1, -0.05) is 19.1 Å². The van der Waals surface area contributed by atoms with Crippen LogP contribution in [0.2, 0.25) is 0 Å². The maximum absolute atomic E-state index is 8.83. The Bertz CT molecular complexity index is 464. The summed E-state index contributed by atoms with van der Waals surface area (Å²) in [5.41, 5.74) is 2.39. The van der Waals surface area contributed by atoms with Gasteiger partial charge in [0.1, 0.15) is 0 Å². The molecule has 0 amide bonds. The molecule has 1 aromatic rings. The van der Waals surface area contributed by atoms with Gasteiger partial charge in [-0.25, -0.2) is 0 Å². The molecule has 108 valence electrons. The zero-order chi connectivity index (χ0) is 14.6. The van der Waals surface area contributed by atoms with E-state index in [-0.39, 0.29) is 0 Å². The first-order valence-electron chi connectivity index (χ1n) is 7.44. The highest BCUT2D eigenvalue weighted by atomic mass is 15.1. The molecule has 1 aliphatic heterocycles. The molecule has 2 rings (SSSR count). The molecular formula is C17H25N3. The van der Waals surface area contributed by atoms with E-state index in [2.05, 4.69) is 37.2 Å². The average molecular weight is 271 g/mol. The van der Waals surface area contributed by atoms with Crippen LogP contribution in [0, 0.1) is 16.7 Å². The van der Waals surface area contributed by atoms with Gasteiger partial charge in [-0.05, 0) is 63.0 Å². The van der Waals surface area contributed by atoms with Crippen LogP contribution in [0.4, 0.5) is 0 Å². The van der Waals surface area contributed by atoms with Gasteiger partial charge < -0.3 is 10.2 Å². The highest BCUT2D eigenvalue weighted by molar-refractivity contribution is 5.32. The molecule has 1 unspecified atom stereocenters. The molecule has 20 heavy (non-hydrogen) atoms. The monoisotopic (exact) mass is 271 g/mol. The van der Waals surface area contributed by atoms with Crippen molar-refractivity contribution in [2.45, 2.75) is 32.7 Å². The van der Waals surface area contributed by atoms with Crippen molar-refractivity contribution in [3.05, 3.63) is 35.4 Å². The first-order valence-corrected chi connectivity index (χ1v) is 7.44. The molecule has 0 radical (unpaired) electrons. The van der Waals surface area contributed by atoms with Crippen molar-refractivity contribution in [3.8, 4) is 6.07 Å². The second-order valence-electron chi connectivity index (χ2n) is 6.45. The number of nitrogens with one attached hydrogen (secondary N) is 1. The van der Waals surface area contributed by atoms with Crippen LogP contribution in [0.15, 0.2) is 24.3 Å². The summed E-state index contributed by atoms with van der Waals surface area (Å²) in [5, 5.41) is 12.5. The molecule has 1 aliphatic rings. The molecule has 0 aromatic heterocycles. The summed E-state index contributed by atoms with van der Waals surface area (Å²) in [4.78, 5) is 2.41. The first-order chi connectivity index (χ1) is 9.52. The summed E-state index contributed by atoms with van der Waals surface area (Å²) >= 11 is 0. The van der Waals surface area contributed by atoms with Gasteiger partial charge in [-0.2, -0.15) is 5.26 Å². The molecule has 1 heterocycles. The number of nitrogens with zero attached hydrogens (tertiary/aromatic N) is 2. The maximum atomic E-state index is 8.83. The zero-order valence-electron chi connectivity index (χ0n) is 12.8. The van der Waals surface area contributed by atoms with Gasteiger partial charge in [0.15, 0.2) is 0 Å². The predicted octanol–water partition coefficient (Wildman–Crippen LogP) is 2.94. The summed E-state index contributed by atoms with van der Waals surface area (Å²) < 4.78 is 0.